The molecule has 10 heteroatoms. The number of carbonyl (C=O) groups excluding carboxylic acids is 2. The van der Waals surface area contributed by atoms with E-state index in [1.54, 1.807) is 18.2 Å². The number of ether oxygens (including phenoxy) is 1. The summed E-state index contributed by atoms with van der Waals surface area (Å²) in [4.78, 5) is 37.4. The van der Waals surface area contributed by atoms with Gasteiger partial charge in [-0.05, 0) is 32.1 Å². The number of aliphatic hydroxyl groups is 3. The lowest BCUT2D eigenvalue weighted by atomic mass is 9.60. The molecule has 8 rings (SSSR count). The molecule has 4 N–H and O–H groups in total. The smallest absolute Gasteiger partial charge is 0.287 e. The van der Waals surface area contributed by atoms with E-state index in [4.69, 9.17) is 4.74 Å². The number of amides is 2. The third-order valence-corrected chi connectivity index (χ3v) is 10.7. The van der Waals surface area contributed by atoms with Gasteiger partial charge in [-0.1, -0.05) is 56.3 Å². The summed E-state index contributed by atoms with van der Waals surface area (Å²) in [6.45, 7) is 7.44. The topological polar surface area (TPSA) is 130 Å². The number of benzene rings is 2. The van der Waals surface area contributed by atoms with Crippen LogP contribution in [-0.4, -0.2) is 78.7 Å². The van der Waals surface area contributed by atoms with E-state index in [0.717, 1.165) is 27.1 Å². The Morgan fingerprint density at radius 2 is 1.67 bits per heavy atom. The number of methoxy groups -OCH3 is 1. The number of allylic oxidation sites excluding steroid dienone is 1. The number of hydrogen-bond donors (Lipinski definition) is 4. The molecule has 2 amide bonds. The molecule has 5 atom stereocenters. The van der Waals surface area contributed by atoms with E-state index in [9.17, 15) is 20.1 Å². The Kier molecular flexibility index (Phi) is 4.81. The highest BCUT2D eigenvalue weighted by Gasteiger charge is 2.92. The molecule has 3 saturated heterocycles. The van der Waals surface area contributed by atoms with Gasteiger partial charge < -0.3 is 29.9 Å². The van der Waals surface area contributed by atoms with Crippen molar-refractivity contribution in [1.82, 2.24) is 14.8 Å². The SMILES string of the molecule is CO[C@@H]1[C@]2(O)c3ccccc3N3C(C)(C)[C@H](CO)[C@]32N2C(=O)/C3=C/c4c([nH]c5ccccc45)C(C)(C)/C=C\N3C(=O)[C@]12O. The van der Waals surface area contributed by atoms with E-state index in [1.165, 1.54) is 18.2 Å². The molecule has 0 radical (unpaired) electrons. The van der Waals surface area contributed by atoms with Crippen LogP contribution in [0.25, 0.3) is 17.0 Å². The van der Waals surface area contributed by atoms with Gasteiger partial charge in [0.2, 0.25) is 0 Å². The largest absolute Gasteiger partial charge is 0.396 e. The van der Waals surface area contributed by atoms with Crippen molar-refractivity contribution in [2.75, 3.05) is 18.6 Å². The predicted octanol–water partition coefficient (Wildman–Crippen LogP) is 2.51. The Balaban J connectivity index is 1.44. The number of H-pyrrole nitrogens is 1. The van der Waals surface area contributed by atoms with Gasteiger partial charge in [-0.3, -0.25) is 19.4 Å². The summed E-state index contributed by atoms with van der Waals surface area (Å²) in [6.07, 6.45) is 3.48. The molecule has 1 spiro atoms. The van der Waals surface area contributed by atoms with Crippen LogP contribution in [0.3, 0.4) is 0 Å². The molecule has 2 aromatic carbocycles. The molecule has 5 aliphatic rings. The van der Waals surface area contributed by atoms with E-state index in [1.807, 2.05) is 75.1 Å². The molecule has 1 aromatic heterocycles. The number of hydrogen-bond acceptors (Lipinski definition) is 7. The standard InChI is InChI=1S/C33H34N4O6/c1-29(2)14-15-35-23(16-19-18-10-6-8-12-21(18)34-25(19)29)26(39)37-32(42,28(35)40)27(43-5)31(41)20-11-7-9-13-22(20)36-30(3,4)24(17-38)33(31,36)37/h6-16,24,27,34,38,41-42H,17H2,1-5H3/b15-14-,23-16-/t24-,27+,31+,32+,33+/m0/s1. The van der Waals surface area contributed by atoms with E-state index < -0.39 is 58.4 Å². The van der Waals surface area contributed by atoms with Gasteiger partial charge in [-0.2, -0.15) is 0 Å². The van der Waals surface area contributed by atoms with Crippen molar-refractivity contribution in [3.8, 4) is 0 Å². The van der Waals surface area contributed by atoms with Crippen LogP contribution >= 0.6 is 0 Å². The fraction of sp³-hybridized carbons (Fsp3) is 0.394. The number of piperazine rings is 1. The number of aromatic nitrogens is 1. The molecule has 10 nitrogen and oxygen atoms in total. The number of rotatable bonds is 2. The molecule has 3 aromatic rings. The minimum atomic E-state index is -2.59. The number of anilines is 1. The Hall–Kier alpha value is -3.96. The van der Waals surface area contributed by atoms with Gasteiger partial charge >= 0.3 is 0 Å². The molecule has 43 heavy (non-hydrogen) atoms. The van der Waals surface area contributed by atoms with Gasteiger partial charge in [-0.25, -0.2) is 0 Å². The molecule has 0 saturated carbocycles. The summed E-state index contributed by atoms with van der Waals surface area (Å²) >= 11 is 0. The molecule has 0 aliphatic carbocycles. The lowest BCUT2D eigenvalue weighted by Gasteiger charge is -2.71. The molecular formula is C33H34N4O6. The highest BCUT2D eigenvalue weighted by atomic mass is 16.5. The zero-order chi connectivity index (χ0) is 30.5. The maximum Gasteiger partial charge on any atom is 0.287 e. The summed E-state index contributed by atoms with van der Waals surface area (Å²) in [6, 6.07) is 14.9. The van der Waals surface area contributed by atoms with Gasteiger partial charge in [0.1, 0.15) is 5.70 Å². The van der Waals surface area contributed by atoms with Gasteiger partial charge in [0.05, 0.1) is 12.5 Å². The molecule has 3 fully saturated rings. The zero-order valence-electron chi connectivity index (χ0n) is 24.6. The van der Waals surface area contributed by atoms with Gasteiger partial charge in [-0.15, -0.1) is 0 Å². The second-order valence-electron chi connectivity index (χ2n) is 13.4. The summed E-state index contributed by atoms with van der Waals surface area (Å²) in [5.74, 6) is -2.23. The van der Waals surface area contributed by atoms with Crippen LogP contribution in [0.2, 0.25) is 0 Å². The van der Waals surface area contributed by atoms with Crippen molar-refractivity contribution in [3.63, 3.8) is 0 Å². The first kappa shape index (κ1) is 26.7. The van der Waals surface area contributed by atoms with Crippen LogP contribution in [0.5, 0.6) is 0 Å². The summed E-state index contributed by atoms with van der Waals surface area (Å²) in [5.41, 5.74) is -4.06. The first-order valence-electron chi connectivity index (χ1n) is 14.5. The lowest BCUT2D eigenvalue weighted by molar-refractivity contribution is -0.218. The monoisotopic (exact) mass is 582 g/mol. The number of nitrogens with zero attached hydrogens (tertiary/aromatic N) is 3. The lowest BCUT2D eigenvalue weighted by Crippen LogP contribution is -2.89. The van der Waals surface area contributed by atoms with Crippen molar-refractivity contribution in [1.29, 1.82) is 0 Å². The van der Waals surface area contributed by atoms with Crippen LogP contribution in [0.1, 0.15) is 44.5 Å². The van der Waals surface area contributed by atoms with Gasteiger partial charge in [0, 0.05) is 57.7 Å². The summed E-state index contributed by atoms with van der Waals surface area (Å²) < 4.78 is 5.86. The van der Waals surface area contributed by atoms with Crippen molar-refractivity contribution < 1.29 is 29.6 Å². The second kappa shape index (κ2) is 7.75. The van der Waals surface area contributed by atoms with Crippen LogP contribution in [0.15, 0.2) is 66.5 Å². The number of fused-ring (bicyclic) bond motifs is 8. The zero-order valence-corrected chi connectivity index (χ0v) is 24.6. The van der Waals surface area contributed by atoms with E-state index in [-0.39, 0.29) is 5.70 Å². The number of carbonyl (C=O) groups is 2. The molecule has 222 valence electrons. The van der Waals surface area contributed by atoms with Crippen LogP contribution in [-0.2, 0) is 25.3 Å². The Bertz CT molecular complexity index is 1840. The maximum absolute atomic E-state index is 15.0. The van der Waals surface area contributed by atoms with Crippen molar-refractivity contribution >= 4 is 34.5 Å². The third kappa shape index (κ3) is 2.56. The summed E-state index contributed by atoms with van der Waals surface area (Å²) in [5, 5.41) is 37.3. The summed E-state index contributed by atoms with van der Waals surface area (Å²) in [7, 11) is 1.31. The maximum atomic E-state index is 15.0. The van der Waals surface area contributed by atoms with Crippen molar-refractivity contribution in [2.45, 2.75) is 61.7 Å². The number of aliphatic hydroxyl groups excluding tert-OH is 1. The predicted molar refractivity (Wildman–Crippen MR) is 158 cm³/mol. The highest BCUT2D eigenvalue weighted by Crippen LogP contribution is 2.74. The Labute approximate surface area is 248 Å². The Morgan fingerprint density at radius 3 is 2.40 bits per heavy atom. The minimum Gasteiger partial charge on any atom is -0.396 e. The first-order valence-corrected chi connectivity index (χ1v) is 14.5. The van der Waals surface area contributed by atoms with Crippen LogP contribution in [0, 0.1) is 5.92 Å². The Morgan fingerprint density at radius 1 is 0.977 bits per heavy atom. The van der Waals surface area contributed by atoms with E-state index in [0.29, 0.717) is 11.3 Å². The fourth-order valence-electron chi connectivity index (χ4n) is 9.01. The average Bonchev–Trinajstić information content (AvgIpc) is 3.49. The van der Waals surface area contributed by atoms with E-state index in [2.05, 4.69) is 4.98 Å². The van der Waals surface area contributed by atoms with Crippen molar-refractivity contribution in [2.24, 2.45) is 5.92 Å². The molecule has 0 bridgehead atoms. The number of para-hydroxylation sites is 2. The third-order valence-electron chi connectivity index (χ3n) is 10.7. The van der Waals surface area contributed by atoms with E-state index >= 15 is 4.79 Å². The number of aromatic amines is 1. The minimum absolute atomic E-state index is 0.0261. The van der Waals surface area contributed by atoms with Crippen molar-refractivity contribution in [3.05, 3.63) is 83.3 Å². The average molecular weight is 583 g/mol. The quantitative estimate of drug-likeness (QED) is 0.366. The molecule has 5 aliphatic heterocycles. The molecular weight excluding hydrogens is 548 g/mol. The number of nitrogens with one attached hydrogen (secondary N) is 1. The molecule has 0 unspecified atom stereocenters. The van der Waals surface area contributed by atoms with Crippen LogP contribution in [0.4, 0.5) is 5.69 Å². The fourth-order valence-corrected chi connectivity index (χ4v) is 9.01. The first-order chi connectivity index (χ1) is 20.3. The normalized spacial score (nSPS) is 36.4. The van der Waals surface area contributed by atoms with Gasteiger partial charge in [0.15, 0.2) is 17.4 Å². The second-order valence-corrected chi connectivity index (χ2v) is 13.4. The van der Waals surface area contributed by atoms with Gasteiger partial charge in [0.25, 0.3) is 17.5 Å². The highest BCUT2D eigenvalue weighted by molar-refractivity contribution is 6.12. The molecule has 6 heterocycles. The van der Waals surface area contributed by atoms with Crippen LogP contribution < -0.4 is 4.90 Å².